The Labute approximate surface area is 76.7 Å². The van der Waals surface area contributed by atoms with E-state index in [0.717, 1.165) is 13.1 Å². The van der Waals surface area contributed by atoms with Crippen molar-refractivity contribution in [2.75, 3.05) is 0 Å². The summed E-state index contributed by atoms with van der Waals surface area (Å²) in [6.07, 6.45) is -3.67. The minimum atomic E-state index is -4.59. The molecule has 0 aliphatic heterocycles. The van der Waals surface area contributed by atoms with Gasteiger partial charge in [-0.3, -0.25) is 4.79 Å². The van der Waals surface area contributed by atoms with Crippen molar-refractivity contribution < 1.29 is 22.7 Å². The molecule has 0 fully saturated rings. The van der Waals surface area contributed by atoms with E-state index < -0.39 is 17.8 Å². The Bertz CT molecular complexity index is 351. The first-order chi connectivity index (χ1) is 6.39. The Morgan fingerprint density at radius 1 is 1.50 bits per heavy atom. The third-order valence-electron chi connectivity index (χ3n) is 1.18. The van der Waals surface area contributed by atoms with Gasteiger partial charge in [-0.15, -0.1) is 5.10 Å². The van der Waals surface area contributed by atoms with Gasteiger partial charge in [-0.1, -0.05) is 0 Å². The highest BCUT2D eigenvalue weighted by molar-refractivity contribution is 5.69. The largest absolute Gasteiger partial charge is 0.435 e. The number of hydrogen-bond acceptors (Lipinski definition) is 4. The normalized spacial score (nSPS) is 11.1. The van der Waals surface area contributed by atoms with Crippen molar-refractivity contribution in [1.82, 2.24) is 10.2 Å². The molecule has 0 bridgehead atoms. The summed E-state index contributed by atoms with van der Waals surface area (Å²) in [7, 11) is 0. The second-order valence-corrected chi connectivity index (χ2v) is 2.37. The second-order valence-electron chi connectivity index (χ2n) is 2.37. The van der Waals surface area contributed by atoms with E-state index in [1.807, 2.05) is 0 Å². The van der Waals surface area contributed by atoms with Crippen LogP contribution in [0.5, 0.6) is 5.75 Å². The fraction of sp³-hybridized carbons (Fsp3) is 0.286. The summed E-state index contributed by atoms with van der Waals surface area (Å²) in [5, 5.41) is 5.91. The van der Waals surface area contributed by atoms with Crippen LogP contribution in [0, 0.1) is 0 Å². The van der Waals surface area contributed by atoms with Crippen LogP contribution in [-0.4, -0.2) is 16.2 Å². The van der Waals surface area contributed by atoms with Crippen LogP contribution in [0.4, 0.5) is 13.2 Å². The SMILES string of the molecule is CC(=O)Oc1cnnc(C(F)(F)F)c1. The first kappa shape index (κ1) is 10.4. The van der Waals surface area contributed by atoms with Gasteiger partial charge in [0, 0.05) is 13.0 Å². The van der Waals surface area contributed by atoms with Gasteiger partial charge < -0.3 is 4.74 Å². The number of hydrogen-bond donors (Lipinski definition) is 0. The van der Waals surface area contributed by atoms with Crippen molar-refractivity contribution in [3.05, 3.63) is 18.0 Å². The zero-order valence-corrected chi connectivity index (χ0v) is 7.00. The van der Waals surface area contributed by atoms with E-state index in [1.54, 1.807) is 0 Å². The zero-order chi connectivity index (χ0) is 10.8. The number of esters is 1. The summed E-state index contributed by atoms with van der Waals surface area (Å²) in [6.45, 7) is 1.08. The molecule has 0 N–H and O–H groups in total. The van der Waals surface area contributed by atoms with Crippen LogP contribution in [0.25, 0.3) is 0 Å². The molecule has 0 atom stereocenters. The number of alkyl halides is 3. The second kappa shape index (κ2) is 3.60. The summed E-state index contributed by atoms with van der Waals surface area (Å²) in [4.78, 5) is 10.4. The lowest BCUT2D eigenvalue weighted by Crippen LogP contribution is -2.10. The molecule has 7 heteroatoms. The van der Waals surface area contributed by atoms with Gasteiger partial charge in [0.1, 0.15) is 0 Å². The highest BCUT2D eigenvalue weighted by atomic mass is 19.4. The van der Waals surface area contributed by atoms with Crippen LogP contribution < -0.4 is 4.74 Å². The number of ether oxygens (including phenoxy) is 1. The Hall–Kier alpha value is -1.66. The van der Waals surface area contributed by atoms with Crippen molar-refractivity contribution in [3.8, 4) is 5.75 Å². The van der Waals surface area contributed by atoms with E-state index >= 15 is 0 Å². The maximum atomic E-state index is 12.1. The average molecular weight is 206 g/mol. The summed E-state index contributed by atoms with van der Waals surface area (Å²) < 4.78 is 40.6. The lowest BCUT2D eigenvalue weighted by Gasteiger charge is -2.05. The smallest absolute Gasteiger partial charge is 0.425 e. The van der Waals surface area contributed by atoms with Gasteiger partial charge >= 0.3 is 12.1 Å². The van der Waals surface area contributed by atoms with Crippen molar-refractivity contribution in [1.29, 1.82) is 0 Å². The van der Waals surface area contributed by atoms with E-state index in [1.165, 1.54) is 0 Å². The minimum absolute atomic E-state index is 0.278. The van der Waals surface area contributed by atoms with Crippen LogP contribution in [-0.2, 0) is 11.0 Å². The predicted octanol–water partition coefficient (Wildman–Crippen LogP) is 1.42. The molecule has 1 heterocycles. The van der Waals surface area contributed by atoms with Gasteiger partial charge in [-0.25, -0.2) is 0 Å². The highest BCUT2D eigenvalue weighted by Gasteiger charge is 2.33. The fourth-order valence-electron chi connectivity index (χ4n) is 0.709. The molecule has 1 aromatic heterocycles. The van der Waals surface area contributed by atoms with Crippen molar-refractivity contribution in [3.63, 3.8) is 0 Å². The highest BCUT2D eigenvalue weighted by Crippen LogP contribution is 2.28. The molecule has 0 saturated heterocycles. The van der Waals surface area contributed by atoms with E-state index in [-0.39, 0.29) is 5.75 Å². The molecule has 4 nitrogen and oxygen atoms in total. The third kappa shape index (κ3) is 2.68. The lowest BCUT2D eigenvalue weighted by atomic mass is 10.4. The third-order valence-corrected chi connectivity index (χ3v) is 1.18. The van der Waals surface area contributed by atoms with E-state index in [0.29, 0.717) is 6.07 Å². The van der Waals surface area contributed by atoms with E-state index in [2.05, 4.69) is 14.9 Å². The molecule has 0 aliphatic rings. The summed E-state index contributed by atoms with van der Waals surface area (Å²) in [5.41, 5.74) is -1.20. The molecule has 0 amide bonds. The molecular formula is C7H5F3N2O2. The molecule has 0 spiro atoms. The molecular weight excluding hydrogens is 201 g/mol. The maximum Gasteiger partial charge on any atom is 0.435 e. The Morgan fingerprint density at radius 3 is 2.64 bits per heavy atom. The van der Waals surface area contributed by atoms with Crippen molar-refractivity contribution >= 4 is 5.97 Å². The van der Waals surface area contributed by atoms with Crippen LogP contribution >= 0.6 is 0 Å². The van der Waals surface area contributed by atoms with Gasteiger partial charge in [0.25, 0.3) is 0 Å². The topological polar surface area (TPSA) is 52.1 Å². The molecule has 1 rings (SSSR count). The van der Waals surface area contributed by atoms with Gasteiger partial charge in [0.15, 0.2) is 11.4 Å². The predicted molar refractivity (Wildman–Crippen MR) is 38.3 cm³/mol. The van der Waals surface area contributed by atoms with Crippen LogP contribution in [0.15, 0.2) is 12.3 Å². The number of rotatable bonds is 1. The Balaban J connectivity index is 2.95. The van der Waals surface area contributed by atoms with Gasteiger partial charge in [0.2, 0.25) is 0 Å². The molecule has 14 heavy (non-hydrogen) atoms. The monoisotopic (exact) mass is 206 g/mol. The Kier molecular flexibility index (Phi) is 2.68. The van der Waals surface area contributed by atoms with Crippen molar-refractivity contribution in [2.24, 2.45) is 0 Å². The molecule has 0 aromatic carbocycles. The number of halogens is 3. The number of carbonyl (C=O) groups excluding carboxylic acids is 1. The van der Waals surface area contributed by atoms with Crippen molar-refractivity contribution in [2.45, 2.75) is 13.1 Å². The molecule has 1 aromatic rings. The summed E-state index contributed by atoms with van der Waals surface area (Å²) >= 11 is 0. The summed E-state index contributed by atoms with van der Waals surface area (Å²) in [6, 6.07) is 0.606. The lowest BCUT2D eigenvalue weighted by molar-refractivity contribution is -0.142. The first-order valence-electron chi connectivity index (χ1n) is 3.48. The number of nitrogens with zero attached hydrogens (tertiary/aromatic N) is 2. The average Bonchev–Trinajstić information content (AvgIpc) is 2.01. The maximum absolute atomic E-state index is 12.1. The number of carbonyl (C=O) groups is 1. The van der Waals surface area contributed by atoms with E-state index in [9.17, 15) is 18.0 Å². The van der Waals surface area contributed by atoms with Crippen LogP contribution in [0.2, 0.25) is 0 Å². The Morgan fingerprint density at radius 2 is 2.14 bits per heavy atom. The number of aromatic nitrogens is 2. The van der Waals surface area contributed by atoms with Crippen LogP contribution in [0.1, 0.15) is 12.6 Å². The standard InChI is InChI=1S/C7H5F3N2O2/c1-4(13)14-5-2-6(7(8,9)10)12-11-3-5/h2-3H,1H3. The molecule has 0 aliphatic carbocycles. The first-order valence-corrected chi connectivity index (χ1v) is 3.48. The minimum Gasteiger partial charge on any atom is -0.425 e. The molecule has 0 saturated carbocycles. The van der Waals surface area contributed by atoms with Gasteiger partial charge in [-0.05, 0) is 0 Å². The summed E-state index contributed by atoms with van der Waals surface area (Å²) in [5.74, 6) is -0.994. The fourth-order valence-corrected chi connectivity index (χ4v) is 0.709. The van der Waals surface area contributed by atoms with Gasteiger partial charge in [-0.2, -0.15) is 18.3 Å². The zero-order valence-electron chi connectivity index (χ0n) is 7.00. The molecule has 0 unspecified atom stereocenters. The van der Waals surface area contributed by atoms with E-state index in [4.69, 9.17) is 0 Å². The quantitative estimate of drug-likeness (QED) is 0.652. The molecule has 76 valence electrons. The van der Waals surface area contributed by atoms with Gasteiger partial charge in [0.05, 0.1) is 6.20 Å². The molecule has 0 radical (unpaired) electrons. The van der Waals surface area contributed by atoms with Crippen LogP contribution in [0.3, 0.4) is 0 Å².